The van der Waals surface area contributed by atoms with Gasteiger partial charge in [-0.15, -0.1) is 0 Å². The van der Waals surface area contributed by atoms with Crippen LogP contribution in [0.15, 0.2) is 47.4 Å². The van der Waals surface area contributed by atoms with Crippen molar-refractivity contribution in [1.82, 2.24) is 0 Å². The van der Waals surface area contributed by atoms with Crippen molar-refractivity contribution in [3.63, 3.8) is 0 Å². The van der Waals surface area contributed by atoms with Crippen LogP contribution < -0.4 is 4.18 Å². The maximum atomic E-state index is 12.0. The molecule has 0 saturated heterocycles. The molecule has 21 heavy (non-hydrogen) atoms. The summed E-state index contributed by atoms with van der Waals surface area (Å²) in [7, 11) is -4.08. The van der Waals surface area contributed by atoms with Crippen LogP contribution in [-0.4, -0.2) is 19.5 Å². The Hall–Kier alpha value is -1.76. The standard InChI is InChI=1S/C13H8Cl2O5S/c14-11-6-5-10(7-12(11)15)21(18,19)20-9-3-1-8(2-4-9)13(16)17/h1-7H,(H,16,17). The van der Waals surface area contributed by atoms with E-state index in [2.05, 4.69) is 0 Å². The van der Waals surface area contributed by atoms with Crippen LogP contribution in [0.2, 0.25) is 10.0 Å². The zero-order valence-electron chi connectivity index (χ0n) is 10.3. The van der Waals surface area contributed by atoms with E-state index in [1.807, 2.05) is 0 Å². The number of carboxylic acids is 1. The first-order valence-corrected chi connectivity index (χ1v) is 7.69. The third-order valence-corrected chi connectivity index (χ3v) is 4.47. The third kappa shape index (κ3) is 3.66. The Morgan fingerprint density at radius 3 is 2.14 bits per heavy atom. The summed E-state index contributed by atoms with van der Waals surface area (Å²) in [5.41, 5.74) is 0.0225. The monoisotopic (exact) mass is 346 g/mol. The van der Waals surface area contributed by atoms with Crippen molar-refractivity contribution in [1.29, 1.82) is 0 Å². The molecule has 0 bridgehead atoms. The molecule has 0 aliphatic carbocycles. The zero-order chi connectivity index (χ0) is 15.6. The van der Waals surface area contributed by atoms with Gasteiger partial charge in [0.25, 0.3) is 0 Å². The fourth-order valence-electron chi connectivity index (χ4n) is 1.46. The minimum absolute atomic E-state index is 0.00827. The van der Waals surface area contributed by atoms with Gasteiger partial charge in [-0.3, -0.25) is 0 Å². The molecule has 0 aliphatic heterocycles. The van der Waals surface area contributed by atoms with Crippen molar-refractivity contribution in [3.8, 4) is 5.75 Å². The van der Waals surface area contributed by atoms with Crippen LogP contribution in [0.1, 0.15) is 10.4 Å². The lowest BCUT2D eigenvalue weighted by molar-refractivity contribution is 0.0697. The summed E-state index contributed by atoms with van der Waals surface area (Å²) in [6.45, 7) is 0. The van der Waals surface area contributed by atoms with E-state index in [9.17, 15) is 13.2 Å². The first-order valence-electron chi connectivity index (χ1n) is 5.52. The highest BCUT2D eigenvalue weighted by Gasteiger charge is 2.18. The van der Waals surface area contributed by atoms with Crippen molar-refractivity contribution in [3.05, 3.63) is 58.1 Å². The number of hydrogen-bond acceptors (Lipinski definition) is 4. The zero-order valence-corrected chi connectivity index (χ0v) is 12.6. The second kappa shape index (κ2) is 5.93. The number of halogens is 2. The highest BCUT2D eigenvalue weighted by atomic mass is 35.5. The summed E-state index contributed by atoms with van der Waals surface area (Å²) < 4.78 is 29.0. The first kappa shape index (κ1) is 15.6. The van der Waals surface area contributed by atoms with Gasteiger partial charge in [-0.2, -0.15) is 8.42 Å². The molecule has 110 valence electrons. The number of aromatic carboxylic acids is 1. The molecule has 0 fully saturated rings. The molecule has 5 nitrogen and oxygen atoms in total. The number of carboxylic acid groups (broad SMARTS) is 1. The van der Waals surface area contributed by atoms with Crippen molar-refractivity contribution in [2.24, 2.45) is 0 Å². The lowest BCUT2D eigenvalue weighted by Gasteiger charge is -2.08. The topological polar surface area (TPSA) is 80.7 Å². The largest absolute Gasteiger partial charge is 0.478 e. The van der Waals surface area contributed by atoms with Gasteiger partial charge in [0.1, 0.15) is 10.6 Å². The second-order valence-corrected chi connectivity index (χ2v) is 6.30. The van der Waals surface area contributed by atoms with E-state index >= 15 is 0 Å². The molecular weight excluding hydrogens is 339 g/mol. The van der Waals surface area contributed by atoms with Gasteiger partial charge in [0, 0.05) is 0 Å². The average Bonchev–Trinajstić information content (AvgIpc) is 2.42. The van der Waals surface area contributed by atoms with Crippen molar-refractivity contribution < 1.29 is 22.5 Å². The van der Waals surface area contributed by atoms with E-state index in [0.717, 1.165) is 0 Å². The molecule has 1 N–H and O–H groups in total. The van der Waals surface area contributed by atoms with Crippen LogP contribution in [0.3, 0.4) is 0 Å². The normalized spacial score (nSPS) is 11.1. The van der Waals surface area contributed by atoms with Crippen LogP contribution in [-0.2, 0) is 10.1 Å². The molecule has 2 aromatic carbocycles. The molecule has 0 unspecified atom stereocenters. The van der Waals surface area contributed by atoms with E-state index in [0.29, 0.717) is 0 Å². The molecule has 0 aromatic heterocycles. The van der Waals surface area contributed by atoms with Crippen molar-refractivity contribution in [2.45, 2.75) is 4.90 Å². The van der Waals surface area contributed by atoms with Crippen LogP contribution in [0.5, 0.6) is 5.75 Å². The molecule has 8 heteroatoms. The highest BCUT2D eigenvalue weighted by molar-refractivity contribution is 7.87. The highest BCUT2D eigenvalue weighted by Crippen LogP contribution is 2.26. The van der Waals surface area contributed by atoms with Gasteiger partial charge < -0.3 is 9.29 Å². The van der Waals surface area contributed by atoms with E-state index in [1.165, 1.54) is 42.5 Å². The third-order valence-electron chi connectivity index (χ3n) is 2.49. The summed E-state index contributed by atoms with van der Waals surface area (Å²) in [6, 6.07) is 8.74. The Balaban J connectivity index is 2.28. The Kier molecular flexibility index (Phi) is 4.41. The fourth-order valence-corrected chi connectivity index (χ4v) is 2.78. The molecule has 0 spiro atoms. The summed E-state index contributed by atoms with van der Waals surface area (Å²) in [4.78, 5) is 10.5. The van der Waals surface area contributed by atoms with Crippen LogP contribution in [0.4, 0.5) is 0 Å². The lowest BCUT2D eigenvalue weighted by Crippen LogP contribution is -2.10. The minimum atomic E-state index is -4.08. The Bertz CT molecular complexity index is 785. The summed E-state index contributed by atoms with van der Waals surface area (Å²) in [5, 5.41) is 9.07. The van der Waals surface area contributed by atoms with Crippen LogP contribution >= 0.6 is 23.2 Å². The van der Waals surface area contributed by atoms with Crippen molar-refractivity contribution in [2.75, 3.05) is 0 Å². The van der Waals surface area contributed by atoms with Gasteiger partial charge in [-0.1, -0.05) is 23.2 Å². The number of carbonyl (C=O) groups is 1. The van der Waals surface area contributed by atoms with Gasteiger partial charge in [0.15, 0.2) is 0 Å². The Morgan fingerprint density at radius 2 is 1.62 bits per heavy atom. The predicted octanol–water partition coefficient (Wildman–Crippen LogP) is 3.46. The average molecular weight is 347 g/mol. The fraction of sp³-hybridized carbons (Fsp3) is 0. The molecule has 0 amide bonds. The lowest BCUT2D eigenvalue weighted by atomic mass is 10.2. The smallest absolute Gasteiger partial charge is 0.339 e. The SMILES string of the molecule is O=C(O)c1ccc(OS(=O)(=O)c2ccc(Cl)c(Cl)c2)cc1. The molecule has 0 radical (unpaired) electrons. The summed E-state index contributed by atoms with van der Waals surface area (Å²) in [6.07, 6.45) is 0. The molecule has 0 heterocycles. The van der Waals surface area contributed by atoms with Crippen LogP contribution in [0, 0.1) is 0 Å². The maximum absolute atomic E-state index is 12.0. The van der Waals surface area contributed by atoms with Gasteiger partial charge >= 0.3 is 16.1 Å². The van der Waals surface area contributed by atoms with Crippen molar-refractivity contribution >= 4 is 39.3 Å². The minimum Gasteiger partial charge on any atom is -0.478 e. The molecule has 2 rings (SSSR count). The number of hydrogen-bond donors (Lipinski definition) is 1. The summed E-state index contributed by atoms with van der Waals surface area (Å²) >= 11 is 11.5. The van der Waals surface area contributed by atoms with Gasteiger partial charge in [-0.05, 0) is 42.5 Å². The van der Waals surface area contributed by atoms with E-state index < -0.39 is 16.1 Å². The number of benzene rings is 2. The molecule has 2 aromatic rings. The number of rotatable bonds is 4. The predicted molar refractivity (Wildman–Crippen MR) is 77.7 cm³/mol. The summed E-state index contributed by atoms with van der Waals surface area (Å²) in [5.74, 6) is -1.13. The van der Waals surface area contributed by atoms with E-state index in [-0.39, 0.29) is 26.3 Å². The van der Waals surface area contributed by atoms with Crippen LogP contribution in [0.25, 0.3) is 0 Å². The Labute approximate surface area is 130 Å². The van der Waals surface area contributed by atoms with E-state index in [4.69, 9.17) is 32.5 Å². The van der Waals surface area contributed by atoms with Gasteiger partial charge in [-0.25, -0.2) is 4.79 Å². The quantitative estimate of drug-likeness (QED) is 0.857. The Morgan fingerprint density at radius 1 is 1.00 bits per heavy atom. The first-order chi connectivity index (χ1) is 9.79. The van der Waals surface area contributed by atoms with Gasteiger partial charge in [0.05, 0.1) is 15.6 Å². The molecule has 0 atom stereocenters. The van der Waals surface area contributed by atoms with Gasteiger partial charge in [0.2, 0.25) is 0 Å². The molecular formula is C13H8Cl2O5S. The molecule has 0 aliphatic rings. The molecule has 0 saturated carbocycles. The van der Waals surface area contributed by atoms with E-state index in [1.54, 1.807) is 0 Å². The maximum Gasteiger partial charge on any atom is 0.339 e. The second-order valence-electron chi connectivity index (χ2n) is 3.94.